The molecule has 2 heterocycles. The minimum Gasteiger partial charge on any atom is -0.496 e. The Kier molecular flexibility index (Phi) is 4.83. The fourth-order valence-corrected chi connectivity index (χ4v) is 2.69. The average molecular weight is 339 g/mol. The second-order valence-electron chi connectivity index (χ2n) is 5.96. The molecule has 130 valence electrons. The van der Waals surface area contributed by atoms with Crippen LogP contribution in [0.2, 0.25) is 0 Å². The largest absolute Gasteiger partial charge is 0.496 e. The number of aromatic nitrogens is 4. The number of carbonyl (C=O) groups excluding carboxylic acids is 1. The van der Waals surface area contributed by atoms with Gasteiger partial charge in [0.05, 0.1) is 19.0 Å². The third-order valence-electron chi connectivity index (χ3n) is 3.92. The van der Waals surface area contributed by atoms with Crippen LogP contribution in [0.4, 0.5) is 0 Å². The minimum atomic E-state index is -0.190. The van der Waals surface area contributed by atoms with Crippen LogP contribution in [0.3, 0.4) is 0 Å². The van der Waals surface area contributed by atoms with Crippen molar-refractivity contribution in [1.29, 1.82) is 0 Å². The van der Waals surface area contributed by atoms with Crippen molar-refractivity contribution >= 4 is 5.91 Å². The molecule has 1 amide bonds. The highest BCUT2D eigenvalue weighted by Crippen LogP contribution is 2.19. The zero-order valence-electron chi connectivity index (χ0n) is 14.5. The number of H-pyrrole nitrogens is 1. The van der Waals surface area contributed by atoms with Gasteiger partial charge in [0.25, 0.3) is 5.91 Å². The molecule has 1 atom stereocenters. The van der Waals surface area contributed by atoms with Crippen LogP contribution in [-0.4, -0.2) is 39.0 Å². The van der Waals surface area contributed by atoms with Crippen molar-refractivity contribution in [2.45, 2.75) is 19.4 Å². The molecule has 0 saturated carbocycles. The minimum absolute atomic E-state index is 0.0473. The van der Waals surface area contributed by atoms with Crippen molar-refractivity contribution < 1.29 is 9.53 Å². The van der Waals surface area contributed by atoms with Gasteiger partial charge >= 0.3 is 0 Å². The number of amides is 1. The van der Waals surface area contributed by atoms with Gasteiger partial charge in [-0.15, -0.1) is 0 Å². The lowest BCUT2D eigenvalue weighted by Crippen LogP contribution is -2.34. The number of hydrogen-bond acceptors (Lipinski definition) is 4. The molecule has 7 nitrogen and oxygen atoms in total. The lowest BCUT2D eigenvalue weighted by atomic mass is 10.1. The molecular weight excluding hydrogens is 318 g/mol. The number of benzene rings is 1. The number of aromatic amines is 1. The summed E-state index contributed by atoms with van der Waals surface area (Å²) < 4.78 is 7.05. The number of hydrogen-bond donors (Lipinski definition) is 2. The summed E-state index contributed by atoms with van der Waals surface area (Å²) in [5.74, 6) is 0.633. The topological polar surface area (TPSA) is 84.8 Å². The second-order valence-corrected chi connectivity index (χ2v) is 5.96. The predicted octanol–water partition coefficient (Wildman–Crippen LogP) is 2.18. The van der Waals surface area contributed by atoms with E-state index in [2.05, 4.69) is 20.6 Å². The Bertz CT molecular complexity index is 868. The Morgan fingerprint density at radius 1 is 1.40 bits per heavy atom. The SMILES string of the molecule is COc1ccccc1C[C@@H](C)NC(=O)c1cc(-c2cnn(C)c2)n[nH]1. The van der Waals surface area contributed by atoms with E-state index in [1.54, 1.807) is 24.1 Å². The van der Waals surface area contributed by atoms with Crippen LogP contribution < -0.4 is 10.1 Å². The first-order chi connectivity index (χ1) is 12.1. The van der Waals surface area contributed by atoms with Crippen LogP contribution >= 0.6 is 0 Å². The predicted molar refractivity (Wildman–Crippen MR) is 94.4 cm³/mol. The van der Waals surface area contributed by atoms with Crippen LogP contribution in [0, 0.1) is 0 Å². The zero-order valence-corrected chi connectivity index (χ0v) is 14.5. The number of aryl methyl sites for hydroxylation is 1. The lowest BCUT2D eigenvalue weighted by molar-refractivity contribution is 0.0935. The van der Waals surface area contributed by atoms with E-state index >= 15 is 0 Å². The van der Waals surface area contributed by atoms with Crippen LogP contribution in [0.5, 0.6) is 5.75 Å². The molecular formula is C18H21N5O2. The van der Waals surface area contributed by atoms with Gasteiger partial charge in [-0.1, -0.05) is 18.2 Å². The van der Waals surface area contributed by atoms with E-state index in [0.29, 0.717) is 17.8 Å². The van der Waals surface area contributed by atoms with Gasteiger partial charge in [-0.2, -0.15) is 10.2 Å². The number of nitrogens with zero attached hydrogens (tertiary/aromatic N) is 3. The standard InChI is InChI=1S/C18H21N5O2/c1-12(8-13-6-4-5-7-17(13)25-3)20-18(24)16-9-15(21-22-16)14-10-19-23(2)11-14/h4-7,9-12H,8H2,1-3H3,(H,20,24)(H,21,22)/t12-/m1/s1. The zero-order chi connectivity index (χ0) is 17.8. The fraction of sp³-hybridized carbons (Fsp3) is 0.278. The lowest BCUT2D eigenvalue weighted by Gasteiger charge is -2.15. The maximum atomic E-state index is 12.4. The van der Waals surface area contributed by atoms with Gasteiger partial charge in [0, 0.05) is 24.8 Å². The number of rotatable bonds is 6. The molecule has 0 bridgehead atoms. The van der Waals surface area contributed by atoms with Gasteiger partial charge in [-0.3, -0.25) is 14.6 Å². The van der Waals surface area contributed by atoms with Crippen molar-refractivity contribution in [3.8, 4) is 17.0 Å². The van der Waals surface area contributed by atoms with E-state index in [9.17, 15) is 4.79 Å². The number of methoxy groups -OCH3 is 1. The summed E-state index contributed by atoms with van der Waals surface area (Å²) in [5.41, 5.74) is 3.03. The normalized spacial score (nSPS) is 12.0. The van der Waals surface area contributed by atoms with E-state index in [-0.39, 0.29) is 11.9 Å². The molecule has 0 fully saturated rings. The van der Waals surface area contributed by atoms with E-state index < -0.39 is 0 Å². The first-order valence-corrected chi connectivity index (χ1v) is 8.04. The van der Waals surface area contributed by atoms with Crippen LogP contribution in [0.15, 0.2) is 42.7 Å². The van der Waals surface area contributed by atoms with Crippen molar-refractivity contribution in [2.24, 2.45) is 7.05 Å². The first-order valence-electron chi connectivity index (χ1n) is 8.04. The Morgan fingerprint density at radius 3 is 2.92 bits per heavy atom. The van der Waals surface area contributed by atoms with Crippen molar-refractivity contribution in [2.75, 3.05) is 7.11 Å². The summed E-state index contributed by atoms with van der Waals surface area (Å²) in [4.78, 5) is 12.4. The highest BCUT2D eigenvalue weighted by molar-refractivity contribution is 5.93. The number of ether oxygens (including phenoxy) is 1. The Hall–Kier alpha value is -3.09. The molecule has 0 unspecified atom stereocenters. The molecule has 0 saturated heterocycles. The smallest absolute Gasteiger partial charge is 0.269 e. The fourth-order valence-electron chi connectivity index (χ4n) is 2.69. The maximum absolute atomic E-state index is 12.4. The summed E-state index contributed by atoms with van der Waals surface area (Å²) in [6.07, 6.45) is 4.24. The van der Waals surface area contributed by atoms with Gasteiger partial charge in [0.15, 0.2) is 0 Å². The van der Waals surface area contributed by atoms with Gasteiger partial charge in [0.2, 0.25) is 0 Å². The Labute approximate surface area is 146 Å². The Balaban J connectivity index is 1.65. The first kappa shape index (κ1) is 16.8. The van der Waals surface area contributed by atoms with Crippen LogP contribution in [0.1, 0.15) is 23.0 Å². The molecule has 3 rings (SSSR count). The highest BCUT2D eigenvalue weighted by Gasteiger charge is 2.15. The summed E-state index contributed by atoms with van der Waals surface area (Å²) in [6, 6.07) is 9.48. The van der Waals surface area contributed by atoms with Gasteiger partial charge in [-0.25, -0.2) is 0 Å². The molecule has 2 N–H and O–H groups in total. The molecule has 0 aliphatic carbocycles. The van der Waals surface area contributed by atoms with Gasteiger partial charge in [0.1, 0.15) is 11.4 Å². The molecule has 0 aliphatic heterocycles. The quantitative estimate of drug-likeness (QED) is 0.721. The molecule has 25 heavy (non-hydrogen) atoms. The monoisotopic (exact) mass is 339 g/mol. The molecule has 2 aromatic heterocycles. The number of para-hydroxylation sites is 1. The molecule has 0 aliphatic rings. The number of nitrogens with one attached hydrogen (secondary N) is 2. The second kappa shape index (κ2) is 7.21. The van der Waals surface area contributed by atoms with E-state index in [1.165, 1.54) is 0 Å². The molecule has 0 spiro atoms. The maximum Gasteiger partial charge on any atom is 0.269 e. The molecule has 1 aromatic carbocycles. The van der Waals surface area contributed by atoms with E-state index in [1.807, 2.05) is 44.4 Å². The summed E-state index contributed by atoms with van der Waals surface area (Å²) in [7, 11) is 3.48. The van der Waals surface area contributed by atoms with E-state index in [4.69, 9.17) is 4.74 Å². The summed E-state index contributed by atoms with van der Waals surface area (Å²) in [5, 5.41) is 14.1. The van der Waals surface area contributed by atoms with Crippen molar-refractivity contribution in [3.63, 3.8) is 0 Å². The van der Waals surface area contributed by atoms with Gasteiger partial charge in [-0.05, 0) is 31.0 Å². The van der Waals surface area contributed by atoms with Crippen LogP contribution in [-0.2, 0) is 13.5 Å². The third kappa shape index (κ3) is 3.88. The molecule has 3 aromatic rings. The molecule has 7 heteroatoms. The van der Waals surface area contributed by atoms with Crippen molar-refractivity contribution in [1.82, 2.24) is 25.3 Å². The van der Waals surface area contributed by atoms with E-state index in [0.717, 1.165) is 16.9 Å². The Morgan fingerprint density at radius 2 is 2.20 bits per heavy atom. The average Bonchev–Trinajstić information content (AvgIpc) is 3.24. The number of carbonyl (C=O) groups is 1. The highest BCUT2D eigenvalue weighted by atomic mass is 16.5. The van der Waals surface area contributed by atoms with Gasteiger partial charge < -0.3 is 10.1 Å². The van der Waals surface area contributed by atoms with Crippen molar-refractivity contribution in [3.05, 3.63) is 54.0 Å². The van der Waals surface area contributed by atoms with Crippen LogP contribution in [0.25, 0.3) is 11.3 Å². The summed E-state index contributed by atoms with van der Waals surface area (Å²) >= 11 is 0. The third-order valence-corrected chi connectivity index (χ3v) is 3.92. The summed E-state index contributed by atoms with van der Waals surface area (Å²) in [6.45, 7) is 1.96. The molecule has 0 radical (unpaired) electrons.